The Kier molecular flexibility index (Phi) is 7.93. The lowest BCUT2D eigenvalue weighted by Crippen LogP contribution is -2.27. The largest absolute Gasteiger partial charge is 0.457 e. The molecule has 0 radical (unpaired) electrons. The predicted octanol–water partition coefficient (Wildman–Crippen LogP) is 5.23. The Morgan fingerprint density at radius 1 is 0.967 bits per heavy atom. The number of hydrogen-bond donors (Lipinski definition) is 1. The molecule has 0 aliphatic heterocycles. The van der Waals surface area contributed by atoms with Crippen molar-refractivity contribution in [3.63, 3.8) is 0 Å². The maximum Gasteiger partial charge on any atom is 0.314 e. The van der Waals surface area contributed by atoms with Crippen LogP contribution in [0.5, 0.6) is 0 Å². The summed E-state index contributed by atoms with van der Waals surface area (Å²) < 4.78 is 5.38. The molecule has 0 spiro atoms. The van der Waals surface area contributed by atoms with Crippen LogP contribution in [0, 0.1) is 11.3 Å². The molecule has 0 fully saturated rings. The second-order valence-electron chi connectivity index (χ2n) is 8.59. The summed E-state index contributed by atoms with van der Waals surface area (Å²) in [5.41, 5.74) is 1.43. The van der Waals surface area contributed by atoms with E-state index in [1.807, 2.05) is 65.0 Å². The van der Waals surface area contributed by atoms with Crippen molar-refractivity contribution in [2.24, 2.45) is 11.3 Å². The van der Waals surface area contributed by atoms with Gasteiger partial charge in [0.05, 0.1) is 5.92 Å². The molecule has 30 heavy (non-hydrogen) atoms. The van der Waals surface area contributed by atoms with Gasteiger partial charge in [0, 0.05) is 16.7 Å². The van der Waals surface area contributed by atoms with Crippen molar-refractivity contribution in [3.8, 4) is 0 Å². The first-order valence-corrected chi connectivity index (χ1v) is 10.3. The number of amides is 1. The molecule has 0 bridgehead atoms. The summed E-state index contributed by atoms with van der Waals surface area (Å²) in [7, 11) is 0. The number of benzene rings is 2. The van der Waals surface area contributed by atoms with Crippen molar-refractivity contribution < 1.29 is 19.1 Å². The third-order valence-electron chi connectivity index (χ3n) is 5.12. The van der Waals surface area contributed by atoms with E-state index in [0.717, 1.165) is 12.0 Å². The molecule has 0 aliphatic rings. The van der Waals surface area contributed by atoms with Gasteiger partial charge in [0.25, 0.3) is 0 Å². The van der Waals surface area contributed by atoms with E-state index >= 15 is 0 Å². The first-order valence-electron chi connectivity index (χ1n) is 10.3. The summed E-state index contributed by atoms with van der Waals surface area (Å²) in [5.74, 6) is -1.09. The molecule has 1 N–H and O–H groups in total. The number of rotatable bonds is 8. The van der Waals surface area contributed by atoms with Crippen LogP contribution in [0.25, 0.3) is 0 Å². The van der Waals surface area contributed by atoms with Crippen molar-refractivity contribution in [3.05, 3.63) is 65.7 Å². The van der Waals surface area contributed by atoms with Gasteiger partial charge < -0.3 is 10.1 Å². The average Bonchev–Trinajstić information content (AvgIpc) is 2.72. The SMILES string of the molecule is CC[C@H](C)[C@@H](C(=O)OCC(=O)c1ccc(NC(=O)C(C)(C)C)cc1)c1ccccc1. The molecule has 0 heterocycles. The molecule has 160 valence electrons. The molecule has 2 rings (SSSR count). The monoisotopic (exact) mass is 409 g/mol. The third kappa shape index (κ3) is 6.28. The molecule has 0 saturated carbocycles. The summed E-state index contributed by atoms with van der Waals surface area (Å²) in [6, 6.07) is 16.1. The third-order valence-corrected chi connectivity index (χ3v) is 5.12. The minimum atomic E-state index is -0.506. The minimum absolute atomic E-state index is 0.0979. The molecule has 0 saturated heterocycles. The highest BCUT2D eigenvalue weighted by Gasteiger charge is 2.28. The highest BCUT2D eigenvalue weighted by Crippen LogP contribution is 2.28. The van der Waals surface area contributed by atoms with Gasteiger partial charge >= 0.3 is 5.97 Å². The van der Waals surface area contributed by atoms with Gasteiger partial charge in [-0.15, -0.1) is 0 Å². The van der Waals surface area contributed by atoms with Gasteiger partial charge in [-0.3, -0.25) is 14.4 Å². The van der Waals surface area contributed by atoms with E-state index in [1.165, 1.54) is 0 Å². The number of esters is 1. The number of nitrogens with one attached hydrogen (secondary N) is 1. The summed E-state index contributed by atoms with van der Waals surface area (Å²) in [6.07, 6.45) is 0.824. The summed E-state index contributed by atoms with van der Waals surface area (Å²) in [4.78, 5) is 37.3. The van der Waals surface area contributed by atoms with Gasteiger partial charge in [0.1, 0.15) is 0 Å². The van der Waals surface area contributed by atoms with E-state index in [4.69, 9.17) is 4.74 Å². The van der Waals surface area contributed by atoms with Crippen molar-refractivity contribution >= 4 is 23.3 Å². The quantitative estimate of drug-likeness (QED) is 0.479. The molecule has 2 atom stereocenters. The topological polar surface area (TPSA) is 72.5 Å². The zero-order valence-electron chi connectivity index (χ0n) is 18.4. The van der Waals surface area contributed by atoms with Crippen LogP contribution < -0.4 is 5.32 Å². The second kappa shape index (κ2) is 10.2. The number of hydrogen-bond acceptors (Lipinski definition) is 4. The molecule has 2 aromatic rings. The Bertz CT molecular complexity index is 866. The Morgan fingerprint density at radius 3 is 2.10 bits per heavy atom. The van der Waals surface area contributed by atoms with Gasteiger partial charge in [-0.05, 0) is 35.7 Å². The molecule has 1 amide bonds. The molecule has 5 nitrogen and oxygen atoms in total. The molecule has 5 heteroatoms. The van der Waals surface area contributed by atoms with Crippen LogP contribution in [-0.4, -0.2) is 24.3 Å². The average molecular weight is 410 g/mol. The summed E-state index contributed by atoms with van der Waals surface area (Å²) in [6.45, 7) is 9.21. The van der Waals surface area contributed by atoms with Crippen molar-refractivity contribution in [2.75, 3.05) is 11.9 Å². The standard InChI is InChI=1S/C25H31NO4/c1-6-17(2)22(19-10-8-7-9-11-19)23(28)30-16-21(27)18-12-14-20(15-13-18)26-24(29)25(3,4)5/h7-15,17,22H,6,16H2,1-5H3,(H,26,29)/t17-,22+/m0/s1. The van der Waals surface area contributed by atoms with Gasteiger partial charge in [-0.25, -0.2) is 0 Å². The van der Waals surface area contributed by atoms with Crippen LogP contribution in [0.15, 0.2) is 54.6 Å². The maximum absolute atomic E-state index is 12.7. The fourth-order valence-corrected chi connectivity index (χ4v) is 2.96. The number of ether oxygens (including phenoxy) is 1. The predicted molar refractivity (Wildman–Crippen MR) is 118 cm³/mol. The number of ketones is 1. The number of carbonyl (C=O) groups is 3. The van der Waals surface area contributed by atoms with E-state index < -0.39 is 17.3 Å². The molecule has 0 aromatic heterocycles. The Labute approximate surface area is 178 Å². The number of anilines is 1. The Morgan fingerprint density at radius 2 is 1.57 bits per heavy atom. The van der Waals surface area contributed by atoms with E-state index in [0.29, 0.717) is 11.3 Å². The first kappa shape index (κ1) is 23.3. The van der Waals surface area contributed by atoms with E-state index in [-0.39, 0.29) is 24.2 Å². The lowest BCUT2D eigenvalue weighted by molar-refractivity contribution is -0.145. The first-order chi connectivity index (χ1) is 14.1. The molecule has 0 aliphatic carbocycles. The fraction of sp³-hybridized carbons (Fsp3) is 0.400. The van der Waals surface area contributed by atoms with Crippen LogP contribution in [0.2, 0.25) is 0 Å². The number of carbonyl (C=O) groups excluding carboxylic acids is 3. The lowest BCUT2D eigenvalue weighted by atomic mass is 9.85. The maximum atomic E-state index is 12.7. The lowest BCUT2D eigenvalue weighted by Gasteiger charge is -2.21. The van der Waals surface area contributed by atoms with Gasteiger partial charge in [-0.2, -0.15) is 0 Å². The normalized spacial score (nSPS) is 13.2. The second-order valence-corrected chi connectivity index (χ2v) is 8.59. The summed E-state index contributed by atoms with van der Waals surface area (Å²) >= 11 is 0. The van der Waals surface area contributed by atoms with Crippen molar-refractivity contribution in [2.45, 2.75) is 47.0 Å². The highest BCUT2D eigenvalue weighted by atomic mass is 16.5. The minimum Gasteiger partial charge on any atom is -0.457 e. The van der Waals surface area contributed by atoms with Crippen molar-refractivity contribution in [1.29, 1.82) is 0 Å². The van der Waals surface area contributed by atoms with Gasteiger partial charge in [0.2, 0.25) is 5.91 Å². The molecule has 2 aromatic carbocycles. The van der Waals surface area contributed by atoms with E-state index in [2.05, 4.69) is 5.32 Å². The molecular formula is C25H31NO4. The van der Waals surface area contributed by atoms with Gasteiger partial charge in [0.15, 0.2) is 12.4 Å². The number of Topliss-reactive ketones (excluding diaryl/α,β-unsaturated/α-hetero) is 1. The van der Waals surface area contributed by atoms with Crippen LogP contribution in [0.4, 0.5) is 5.69 Å². The van der Waals surface area contributed by atoms with Crippen LogP contribution in [0.1, 0.15) is 62.9 Å². The van der Waals surface area contributed by atoms with Crippen LogP contribution in [0.3, 0.4) is 0 Å². The van der Waals surface area contributed by atoms with Gasteiger partial charge in [-0.1, -0.05) is 71.4 Å². The zero-order valence-corrected chi connectivity index (χ0v) is 18.4. The summed E-state index contributed by atoms with van der Waals surface area (Å²) in [5, 5.41) is 2.81. The van der Waals surface area contributed by atoms with Crippen LogP contribution in [-0.2, 0) is 14.3 Å². The highest BCUT2D eigenvalue weighted by molar-refractivity contribution is 5.99. The Balaban J connectivity index is 2.00. The molecular weight excluding hydrogens is 378 g/mol. The molecule has 0 unspecified atom stereocenters. The zero-order chi connectivity index (χ0) is 22.3. The fourth-order valence-electron chi connectivity index (χ4n) is 2.96. The smallest absolute Gasteiger partial charge is 0.314 e. The van der Waals surface area contributed by atoms with Crippen molar-refractivity contribution in [1.82, 2.24) is 0 Å². The van der Waals surface area contributed by atoms with E-state index in [9.17, 15) is 14.4 Å². The van der Waals surface area contributed by atoms with Crippen LogP contribution >= 0.6 is 0 Å². The van der Waals surface area contributed by atoms with E-state index in [1.54, 1.807) is 24.3 Å². The Hall–Kier alpha value is -2.95.